The van der Waals surface area contributed by atoms with Crippen molar-refractivity contribution in [3.63, 3.8) is 0 Å². The average Bonchev–Trinajstić information content (AvgIpc) is 2.88. The van der Waals surface area contributed by atoms with Gasteiger partial charge in [0.2, 0.25) is 0 Å². The molecule has 1 heterocycles. The predicted octanol–water partition coefficient (Wildman–Crippen LogP) is 4.05. The molecule has 0 spiro atoms. The number of benzene rings is 2. The highest BCUT2D eigenvalue weighted by molar-refractivity contribution is 9.10. The molecule has 2 N–H and O–H groups in total. The van der Waals surface area contributed by atoms with E-state index in [1.807, 2.05) is 0 Å². The van der Waals surface area contributed by atoms with Gasteiger partial charge in [0.05, 0.1) is 12.6 Å². The van der Waals surface area contributed by atoms with Gasteiger partial charge in [0.15, 0.2) is 0 Å². The minimum Gasteiger partial charge on any atom is -0.493 e. The third kappa shape index (κ3) is 2.36. The second-order valence-corrected chi connectivity index (χ2v) is 6.32. The van der Waals surface area contributed by atoms with E-state index < -0.39 is 0 Å². The predicted molar refractivity (Wildman–Crippen MR) is 85.3 cm³/mol. The van der Waals surface area contributed by atoms with Gasteiger partial charge in [0.1, 0.15) is 5.75 Å². The molecule has 104 valence electrons. The van der Waals surface area contributed by atoms with E-state index in [1.165, 1.54) is 16.7 Å². The van der Waals surface area contributed by atoms with Crippen LogP contribution in [-0.4, -0.2) is 6.61 Å². The van der Waals surface area contributed by atoms with Crippen molar-refractivity contribution >= 4 is 15.9 Å². The molecule has 2 aromatic rings. The number of fused-ring (bicyclic) bond motifs is 1. The standard InChI is InChI=1S/C17H18BrNO/c1-10-3-4-12(7-11(10)2)16(19)15-9-14(18)8-13-5-6-20-17(13)15/h3-4,7-9,16H,5-6,19H2,1-2H3. The first-order valence-corrected chi connectivity index (χ1v) is 7.63. The van der Waals surface area contributed by atoms with Gasteiger partial charge in [0.25, 0.3) is 0 Å². The van der Waals surface area contributed by atoms with Gasteiger partial charge in [-0.3, -0.25) is 0 Å². The molecular formula is C17H18BrNO. The van der Waals surface area contributed by atoms with Crippen LogP contribution >= 0.6 is 15.9 Å². The van der Waals surface area contributed by atoms with Crippen molar-refractivity contribution in [1.29, 1.82) is 0 Å². The van der Waals surface area contributed by atoms with E-state index in [-0.39, 0.29) is 6.04 Å². The molecule has 0 aliphatic carbocycles. The Labute approximate surface area is 128 Å². The van der Waals surface area contributed by atoms with Crippen LogP contribution in [0.3, 0.4) is 0 Å². The molecule has 0 fully saturated rings. The summed E-state index contributed by atoms with van der Waals surface area (Å²) in [6.07, 6.45) is 0.960. The van der Waals surface area contributed by atoms with Gasteiger partial charge in [-0.1, -0.05) is 34.1 Å². The highest BCUT2D eigenvalue weighted by atomic mass is 79.9. The highest BCUT2D eigenvalue weighted by Gasteiger charge is 2.22. The van der Waals surface area contributed by atoms with E-state index in [0.29, 0.717) is 0 Å². The van der Waals surface area contributed by atoms with E-state index >= 15 is 0 Å². The monoisotopic (exact) mass is 331 g/mol. The smallest absolute Gasteiger partial charge is 0.127 e. The van der Waals surface area contributed by atoms with Crippen molar-refractivity contribution in [3.05, 3.63) is 62.6 Å². The molecule has 3 rings (SSSR count). The Bertz CT molecular complexity index is 666. The van der Waals surface area contributed by atoms with Gasteiger partial charge in [-0.2, -0.15) is 0 Å². The van der Waals surface area contributed by atoms with Gasteiger partial charge in [-0.05, 0) is 48.2 Å². The van der Waals surface area contributed by atoms with Crippen LogP contribution in [0.15, 0.2) is 34.8 Å². The average molecular weight is 332 g/mol. The Hall–Kier alpha value is -1.32. The second kappa shape index (κ2) is 5.23. The van der Waals surface area contributed by atoms with Crippen LogP contribution in [0.4, 0.5) is 0 Å². The van der Waals surface area contributed by atoms with Gasteiger partial charge >= 0.3 is 0 Å². The van der Waals surface area contributed by atoms with E-state index in [4.69, 9.17) is 10.5 Å². The summed E-state index contributed by atoms with van der Waals surface area (Å²) in [5, 5.41) is 0. The number of aryl methyl sites for hydroxylation is 2. The van der Waals surface area contributed by atoms with Crippen molar-refractivity contribution < 1.29 is 4.74 Å². The summed E-state index contributed by atoms with van der Waals surface area (Å²) in [4.78, 5) is 0. The highest BCUT2D eigenvalue weighted by Crippen LogP contribution is 2.37. The fourth-order valence-corrected chi connectivity index (χ4v) is 3.19. The summed E-state index contributed by atoms with van der Waals surface area (Å²) in [6, 6.07) is 10.4. The molecule has 1 aliphatic rings. The molecule has 2 aromatic carbocycles. The van der Waals surface area contributed by atoms with Crippen molar-refractivity contribution in [3.8, 4) is 5.75 Å². The van der Waals surface area contributed by atoms with Gasteiger partial charge in [0, 0.05) is 16.5 Å². The summed E-state index contributed by atoms with van der Waals surface area (Å²) in [6.45, 7) is 4.98. The summed E-state index contributed by atoms with van der Waals surface area (Å²) >= 11 is 3.57. The quantitative estimate of drug-likeness (QED) is 0.900. The van der Waals surface area contributed by atoms with Crippen LogP contribution in [0.25, 0.3) is 0 Å². The minimum atomic E-state index is -0.154. The summed E-state index contributed by atoms with van der Waals surface area (Å²) < 4.78 is 6.85. The topological polar surface area (TPSA) is 35.2 Å². The SMILES string of the molecule is Cc1ccc(C(N)c2cc(Br)cc3c2OCC3)cc1C. The number of hydrogen-bond acceptors (Lipinski definition) is 2. The Kier molecular flexibility index (Phi) is 3.57. The molecule has 1 aliphatic heterocycles. The third-order valence-electron chi connectivity index (χ3n) is 4.00. The van der Waals surface area contributed by atoms with Crippen molar-refractivity contribution in [2.45, 2.75) is 26.3 Å². The first kappa shape index (κ1) is 13.7. The van der Waals surface area contributed by atoms with Crippen LogP contribution in [0, 0.1) is 13.8 Å². The number of ether oxygens (including phenoxy) is 1. The van der Waals surface area contributed by atoms with Crippen LogP contribution < -0.4 is 10.5 Å². The number of nitrogens with two attached hydrogens (primary N) is 1. The van der Waals surface area contributed by atoms with Crippen LogP contribution in [-0.2, 0) is 6.42 Å². The Balaban J connectivity index is 2.06. The molecule has 2 nitrogen and oxygen atoms in total. The van der Waals surface area contributed by atoms with E-state index in [9.17, 15) is 0 Å². The molecule has 0 saturated heterocycles. The van der Waals surface area contributed by atoms with E-state index in [1.54, 1.807) is 0 Å². The second-order valence-electron chi connectivity index (χ2n) is 5.40. The fraction of sp³-hybridized carbons (Fsp3) is 0.294. The molecule has 0 radical (unpaired) electrons. The molecule has 0 amide bonds. The maximum atomic E-state index is 6.48. The Morgan fingerprint density at radius 2 is 1.95 bits per heavy atom. The number of hydrogen-bond donors (Lipinski definition) is 1. The zero-order valence-electron chi connectivity index (χ0n) is 11.7. The molecule has 3 heteroatoms. The molecular weight excluding hydrogens is 314 g/mol. The largest absolute Gasteiger partial charge is 0.493 e. The summed E-state index contributed by atoms with van der Waals surface area (Å²) in [7, 11) is 0. The number of rotatable bonds is 2. The summed E-state index contributed by atoms with van der Waals surface area (Å²) in [5.74, 6) is 0.971. The normalized spacial score (nSPS) is 14.8. The van der Waals surface area contributed by atoms with Crippen molar-refractivity contribution in [2.24, 2.45) is 5.73 Å². The molecule has 20 heavy (non-hydrogen) atoms. The lowest BCUT2D eigenvalue weighted by atomic mass is 9.94. The lowest BCUT2D eigenvalue weighted by molar-refractivity contribution is 0.352. The van der Waals surface area contributed by atoms with E-state index in [2.05, 4.69) is 60.1 Å². The van der Waals surface area contributed by atoms with Crippen molar-refractivity contribution in [2.75, 3.05) is 6.61 Å². The fourth-order valence-electron chi connectivity index (χ4n) is 2.67. The molecule has 1 unspecified atom stereocenters. The maximum absolute atomic E-state index is 6.48. The zero-order chi connectivity index (χ0) is 14.3. The van der Waals surface area contributed by atoms with Crippen LogP contribution in [0.5, 0.6) is 5.75 Å². The van der Waals surface area contributed by atoms with Gasteiger partial charge < -0.3 is 10.5 Å². The van der Waals surface area contributed by atoms with Gasteiger partial charge in [-0.15, -0.1) is 0 Å². The van der Waals surface area contributed by atoms with Gasteiger partial charge in [-0.25, -0.2) is 0 Å². The summed E-state index contributed by atoms with van der Waals surface area (Å²) in [5.41, 5.74) is 12.5. The molecule has 0 aromatic heterocycles. The van der Waals surface area contributed by atoms with Crippen molar-refractivity contribution in [1.82, 2.24) is 0 Å². The molecule has 0 bridgehead atoms. The lowest BCUT2D eigenvalue weighted by Gasteiger charge is -2.17. The Morgan fingerprint density at radius 1 is 1.15 bits per heavy atom. The van der Waals surface area contributed by atoms with Crippen LogP contribution in [0.2, 0.25) is 0 Å². The maximum Gasteiger partial charge on any atom is 0.127 e. The van der Waals surface area contributed by atoms with E-state index in [0.717, 1.165) is 34.4 Å². The third-order valence-corrected chi connectivity index (χ3v) is 4.46. The zero-order valence-corrected chi connectivity index (χ0v) is 13.3. The number of halogens is 1. The Morgan fingerprint density at radius 3 is 2.70 bits per heavy atom. The lowest BCUT2D eigenvalue weighted by Crippen LogP contribution is -2.13. The minimum absolute atomic E-state index is 0.154. The molecule has 0 saturated carbocycles. The van der Waals surface area contributed by atoms with Crippen LogP contribution in [0.1, 0.15) is 33.9 Å². The molecule has 1 atom stereocenters. The first-order valence-electron chi connectivity index (χ1n) is 6.84. The first-order chi connectivity index (χ1) is 9.56.